The summed E-state index contributed by atoms with van der Waals surface area (Å²) in [5, 5.41) is 5.75. The Hall–Kier alpha value is -0.830. The van der Waals surface area contributed by atoms with Crippen molar-refractivity contribution >= 4 is 5.91 Å². The first-order chi connectivity index (χ1) is 6.02. The third-order valence-electron chi connectivity index (χ3n) is 2.07. The van der Waals surface area contributed by atoms with Crippen molar-refractivity contribution in [3.63, 3.8) is 0 Å². The highest BCUT2D eigenvalue weighted by Gasteiger charge is 2.09. The van der Waals surface area contributed by atoms with Crippen LogP contribution in [0.15, 0.2) is 11.6 Å². The van der Waals surface area contributed by atoms with E-state index in [1.54, 1.807) is 7.05 Å². The van der Waals surface area contributed by atoms with E-state index in [1.807, 2.05) is 20.0 Å². The minimum Gasteiger partial charge on any atom is -0.355 e. The van der Waals surface area contributed by atoms with Gasteiger partial charge < -0.3 is 10.6 Å². The van der Waals surface area contributed by atoms with E-state index in [0.717, 1.165) is 5.57 Å². The molecule has 0 saturated heterocycles. The summed E-state index contributed by atoms with van der Waals surface area (Å²) in [6.07, 6.45) is 1.96. The molecule has 0 radical (unpaired) electrons. The number of hydrogen-bond acceptors (Lipinski definition) is 2. The first-order valence-corrected chi connectivity index (χ1v) is 4.60. The van der Waals surface area contributed by atoms with Crippen molar-refractivity contribution in [2.75, 3.05) is 14.1 Å². The number of nitrogens with one attached hydrogen (secondary N) is 2. The Morgan fingerprint density at radius 1 is 1.31 bits per heavy atom. The molecule has 0 aromatic carbocycles. The van der Waals surface area contributed by atoms with Crippen LogP contribution in [0.5, 0.6) is 0 Å². The van der Waals surface area contributed by atoms with E-state index in [1.165, 1.54) is 0 Å². The molecule has 0 saturated carbocycles. The summed E-state index contributed by atoms with van der Waals surface area (Å²) in [4.78, 5) is 11.2. The van der Waals surface area contributed by atoms with Gasteiger partial charge in [-0.25, -0.2) is 0 Å². The average molecular weight is 184 g/mol. The van der Waals surface area contributed by atoms with Crippen LogP contribution in [0.4, 0.5) is 0 Å². The van der Waals surface area contributed by atoms with Gasteiger partial charge in [0.2, 0.25) is 5.91 Å². The molecule has 0 fully saturated rings. The van der Waals surface area contributed by atoms with Crippen molar-refractivity contribution < 1.29 is 4.79 Å². The molecule has 0 aliphatic heterocycles. The Labute approximate surface area is 80.6 Å². The highest BCUT2D eigenvalue weighted by atomic mass is 16.1. The lowest BCUT2D eigenvalue weighted by atomic mass is 10.0. The van der Waals surface area contributed by atoms with Gasteiger partial charge in [0.15, 0.2) is 0 Å². The second-order valence-electron chi connectivity index (χ2n) is 3.49. The van der Waals surface area contributed by atoms with Crippen LogP contribution in [0, 0.1) is 5.92 Å². The highest BCUT2D eigenvalue weighted by Crippen LogP contribution is 2.05. The first kappa shape index (κ1) is 12.2. The van der Waals surface area contributed by atoms with Crippen molar-refractivity contribution in [1.82, 2.24) is 10.6 Å². The Morgan fingerprint density at radius 2 is 1.85 bits per heavy atom. The molecule has 2 N–H and O–H groups in total. The van der Waals surface area contributed by atoms with Crippen LogP contribution in [0.3, 0.4) is 0 Å². The zero-order chi connectivity index (χ0) is 10.4. The fourth-order valence-corrected chi connectivity index (χ4v) is 1.15. The van der Waals surface area contributed by atoms with Crippen LogP contribution in [-0.4, -0.2) is 26.0 Å². The Balaban J connectivity index is 4.41. The smallest absolute Gasteiger partial charge is 0.246 e. The van der Waals surface area contributed by atoms with E-state index in [9.17, 15) is 4.79 Å². The normalized spacial score (nSPS) is 14.5. The van der Waals surface area contributed by atoms with Crippen molar-refractivity contribution in [3.8, 4) is 0 Å². The number of rotatable bonds is 4. The second kappa shape index (κ2) is 5.75. The lowest BCUT2D eigenvalue weighted by Crippen LogP contribution is -2.30. The van der Waals surface area contributed by atoms with Crippen LogP contribution in [0.2, 0.25) is 0 Å². The number of carbonyl (C=O) groups is 1. The number of amides is 1. The molecule has 3 nitrogen and oxygen atoms in total. The molecular weight excluding hydrogens is 164 g/mol. The number of carbonyl (C=O) groups excluding carboxylic acids is 1. The highest BCUT2D eigenvalue weighted by molar-refractivity contribution is 5.92. The largest absolute Gasteiger partial charge is 0.355 e. The van der Waals surface area contributed by atoms with Crippen LogP contribution in [0.1, 0.15) is 20.8 Å². The van der Waals surface area contributed by atoms with Gasteiger partial charge >= 0.3 is 0 Å². The summed E-state index contributed by atoms with van der Waals surface area (Å²) < 4.78 is 0. The predicted molar refractivity (Wildman–Crippen MR) is 55.5 cm³/mol. The van der Waals surface area contributed by atoms with Gasteiger partial charge in [0, 0.05) is 18.7 Å². The molecule has 0 spiro atoms. The summed E-state index contributed by atoms with van der Waals surface area (Å²) in [6, 6.07) is 0.261. The molecule has 0 aliphatic carbocycles. The minimum absolute atomic E-state index is 0.0131. The predicted octanol–water partition coefficient (Wildman–Crippen LogP) is 0.923. The van der Waals surface area contributed by atoms with Crippen LogP contribution < -0.4 is 10.6 Å². The Morgan fingerprint density at radius 3 is 2.15 bits per heavy atom. The van der Waals surface area contributed by atoms with Gasteiger partial charge in [-0.1, -0.05) is 19.9 Å². The fourth-order valence-electron chi connectivity index (χ4n) is 1.15. The SMILES string of the molecule is CNC(=O)/C(C)=C/[C@@H](NC)C(C)C. The number of hydrogen-bond donors (Lipinski definition) is 2. The number of likely N-dealkylation sites (N-methyl/N-ethyl adjacent to an activating group) is 2. The maximum Gasteiger partial charge on any atom is 0.246 e. The van der Waals surface area contributed by atoms with Crippen LogP contribution >= 0.6 is 0 Å². The van der Waals surface area contributed by atoms with Crippen molar-refractivity contribution in [3.05, 3.63) is 11.6 Å². The molecule has 76 valence electrons. The summed E-state index contributed by atoms with van der Waals surface area (Å²) in [5.41, 5.74) is 0.760. The van der Waals surface area contributed by atoms with E-state index in [-0.39, 0.29) is 11.9 Å². The zero-order valence-electron chi connectivity index (χ0n) is 9.14. The summed E-state index contributed by atoms with van der Waals surface area (Å²) in [7, 11) is 3.54. The quantitative estimate of drug-likeness (QED) is 0.638. The fraction of sp³-hybridized carbons (Fsp3) is 0.700. The topological polar surface area (TPSA) is 41.1 Å². The molecule has 1 atom stereocenters. The molecule has 0 bridgehead atoms. The second-order valence-corrected chi connectivity index (χ2v) is 3.49. The van der Waals surface area contributed by atoms with E-state index >= 15 is 0 Å². The monoisotopic (exact) mass is 184 g/mol. The third-order valence-corrected chi connectivity index (χ3v) is 2.07. The van der Waals surface area contributed by atoms with Crippen LogP contribution in [0.25, 0.3) is 0 Å². The molecule has 0 unspecified atom stereocenters. The van der Waals surface area contributed by atoms with Gasteiger partial charge in [-0.3, -0.25) is 4.79 Å². The van der Waals surface area contributed by atoms with E-state index < -0.39 is 0 Å². The molecule has 0 aliphatic rings. The molecule has 1 amide bonds. The van der Waals surface area contributed by atoms with Gasteiger partial charge in [-0.15, -0.1) is 0 Å². The molecule has 3 heteroatoms. The third kappa shape index (κ3) is 4.08. The summed E-state index contributed by atoms with van der Waals surface area (Å²) in [6.45, 7) is 6.06. The summed E-state index contributed by atoms with van der Waals surface area (Å²) in [5.74, 6) is 0.477. The molecule has 0 aromatic heterocycles. The van der Waals surface area contributed by atoms with E-state index in [2.05, 4.69) is 24.5 Å². The van der Waals surface area contributed by atoms with E-state index in [0.29, 0.717) is 5.92 Å². The van der Waals surface area contributed by atoms with Gasteiger partial charge in [0.1, 0.15) is 0 Å². The Kier molecular flexibility index (Phi) is 5.39. The maximum atomic E-state index is 11.2. The molecule has 0 rings (SSSR count). The van der Waals surface area contributed by atoms with Crippen LogP contribution in [-0.2, 0) is 4.79 Å². The van der Waals surface area contributed by atoms with Gasteiger partial charge in [-0.05, 0) is 19.9 Å². The molecule has 0 aromatic rings. The van der Waals surface area contributed by atoms with Gasteiger partial charge in [0.25, 0.3) is 0 Å². The van der Waals surface area contributed by atoms with Gasteiger partial charge in [0.05, 0.1) is 0 Å². The van der Waals surface area contributed by atoms with Crippen molar-refractivity contribution in [2.24, 2.45) is 5.92 Å². The maximum absolute atomic E-state index is 11.2. The van der Waals surface area contributed by atoms with E-state index in [4.69, 9.17) is 0 Å². The molecular formula is C10H20N2O. The minimum atomic E-state index is -0.0131. The van der Waals surface area contributed by atoms with Crippen molar-refractivity contribution in [2.45, 2.75) is 26.8 Å². The lowest BCUT2D eigenvalue weighted by molar-refractivity contribution is -0.117. The van der Waals surface area contributed by atoms with Gasteiger partial charge in [-0.2, -0.15) is 0 Å². The first-order valence-electron chi connectivity index (χ1n) is 4.60. The standard InChI is InChI=1S/C10H20N2O/c1-7(2)9(11-4)6-8(3)10(13)12-5/h6-7,9,11H,1-5H3,(H,12,13)/b8-6+/t9-/m1/s1. The summed E-state index contributed by atoms with van der Waals surface area (Å²) >= 11 is 0. The zero-order valence-corrected chi connectivity index (χ0v) is 9.14. The van der Waals surface area contributed by atoms with Crippen molar-refractivity contribution in [1.29, 1.82) is 0 Å². The lowest BCUT2D eigenvalue weighted by Gasteiger charge is -2.16. The average Bonchev–Trinajstić information content (AvgIpc) is 2.11. The molecule has 0 heterocycles. The molecule has 13 heavy (non-hydrogen) atoms. The Bertz CT molecular complexity index is 197.